The maximum absolute atomic E-state index is 11.9. The van der Waals surface area contributed by atoms with E-state index in [1.165, 1.54) is 11.1 Å². The zero-order valence-electron chi connectivity index (χ0n) is 14.4. The van der Waals surface area contributed by atoms with Crippen LogP contribution in [0.5, 0.6) is 0 Å². The van der Waals surface area contributed by atoms with E-state index in [1.54, 1.807) is 7.05 Å². The summed E-state index contributed by atoms with van der Waals surface area (Å²) in [5, 5.41) is 6.28. The van der Waals surface area contributed by atoms with Crippen molar-refractivity contribution < 1.29 is 17.9 Å². The summed E-state index contributed by atoms with van der Waals surface area (Å²) in [6.07, 6.45) is -3.79. The number of guanidine groups is 1. The van der Waals surface area contributed by atoms with Crippen molar-refractivity contribution in [1.29, 1.82) is 0 Å². The molecule has 0 fully saturated rings. The maximum atomic E-state index is 11.9. The normalized spacial score (nSPS) is 13.7. The Balaban J connectivity index is 2.23. The van der Waals surface area contributed by atoms with Gasteiger partial charge in [0.05, 0.1) is 0 Å². The molecule has 1 rings (SSSR count). The van der Waals surface area contributed by atoms with Crippen LogP contribution in [0.4, 0.5) is 13.2 Å². The summed E-state index contributed by atoms with van der Waals surface area (Å²) in [7, 11) is 1.66. The molecule has 0 aromatic heterocycles. The molecule has 0 bridgehead atoms. The molecule has 1 unspecified atom stereocenters. The van der Waals surface area contributed by atoms with Gasteiger partial charge in [-0.05, 0) is 24.8 Å². The van der Waals surface area contributed by atoms with Gasteiger partial charge in [0.25, 0.3) is 0 Å². The third-order valence-corrected chi connectivity index (χ3v) is 3.43. The van der Waals surface area contributed by atoms with Crippen molar-refractivity contribution >= 4 is 5.96 Å². The van der Waals surface area contributed by atoms with Gasteiger partial charge in [0, 0.05) is 26.7 Å². The first kappa shape index (κ1) is 20.3. The van der Waals surface area contributed by atoms with Gasteiger partial charge < -0.3 is 15.4 Å². The first-order valence-electron chi connectivity index (χ1n) is 7.97. The van der Waals surface area contributed by atoms with Crippen LogP contribution < -0.4 is 10.6 Å². The van der Waals surface area contributed by atoms with Crippen LogP contribution in [0, 0.1) is 6.92 Å². The van der Waals surface area contributed by atoms with Gasteiger partial charge >= 0.3 is 6.18 Å². The number of nitrogens with zero attached hydrogens (tertiary/aromatic N) is 1. The molecule has 0 aliphatic rings. The standard InChI is InChI=1S/C17H26F3N3O/c1-13-6-4-7-15(10-13)14(2)11-23-16(21-3)22-8-5-9-24-12-17(18,19)20/h4,6-7,10,14H,5,8-9,11-12H2,1-3H3,(H2,21,22,23). The zero-order chi connectivity index (χ0) is 18.0. The third kappa shape index (κ3) is 8.76. The Hall–Kier alpha value is -1.76. The first-order valence-corrected chi connectivity index (χ1v) is 7.97. The highest BCUT2D eigenvalue weighted by Crippen LogP contribution is 2.15. The van der Waals surface area contributed by atoms with Crippen LogP contribution in [-0.4, -0.2) is 45.5 Å². The van der Waals surface area contributed by atoms with E-state index in [1.807, 2.05) is 6.07 Å². The van der Waals surface area contributed by atoms with Gasteiger partial charge in [0.1, 0.15) is 6.61 Å². The molecule has 0 saturated carbocycles. The van der Waals surface area contributed by atoms with Crippen molar-refractivity contribution in [3.63, 3.8) is 0 Å². The van der Waals surface area contributed by atoms with E-state index >= 15 is 0 Å². The molecule has 2 N–H and O–H groups in total. The molecule has 1 aromatic carbocycles. The minimum absolute atomic E-state index is 0.0587. The maximum Gasteiger partial charge on any atom is 0.411 e. The number of nitrogens with one attached hydrogen (secondary N) is 2. The zero-order valence-corrected chi connectivity index (χ0v) is 14.4. The highest BCUT2D eigenvalue weighted by Gasteiger charge is 2.27. The fourth-order valence-corrected chi connectivity index (χ4v) is 2.13. The second-order valence-corrected chi connectivity index (χ2v) is 5.72. The Kier molecular flexibility index (Phi) is 8.60. The lowest BCUT2D eigenvalue weighted by Crippen LogP contribution is -2.39. The lowest BCUT2D eigenvalue weighted by atomic mass is 9.99. The molecule has 136 valence electrons. The second kappa shape index (κ2) is 10.2. The first-order chi connectivity index (χ1) is 11.3. The van der Waals surface area contributed by atoms with Crippen LogP contribution in [0.3, 0.4) is 0 Å². The number of aryl methyl sites for hydroxylation is 1. The Morgan fingerprint density at radius 1 is 1.29 bits per heavy atom. The summed E-state index contributed by atoms with van der Waals surface area (Å²) >= 11 is 0. The molecule has 1 atom stereocenters. The topological polar surface area (TPSA) is 45.7 Å². The molecule has 24 heavy (non-hydrogen) atoms. The predicted molar refractivity (Wildman–Crippen MR) is 90.4 cm³/mol. The van der Waals surface area contributed by atoms with Crippen LogP contribution in [0.2, 0.25) is 0 Å². The highest BCUT2D eigenvalue weighted by molar-refractivity contribution is 5.79. The van der Waals surface area contributed by atoms with Crippen molar-refractivity contribution in [3.8, 4) is 0 Å². The van der Waals surface area contributed by atoms with E-state index in [2.05, 4.69) is 52.4 Å². The predicted octanol–water partition coefficient (Wildman–Crippen LogP) is 3.23. The SMILES string of the molecule is CN=C(NCCCOCC(F)(F)F)NCC(C)c1cccc(C)c1. The summed E-state index contributed by atoms with van der Waals surface area (Å²) in [4.78, 5) is 4.10. The summed E-state index contributed by atoms with van der Waals surface area (Å²) in [5.74, 6) is 0.948. The van der Waals surface area contributed by atoms with Gasteiger partial charge in [-0.1, -0.05) is 36.8 Å². The Labute approximate surface area is 141 Å². The van der Waals surface area contributed by atoms with Crippen LogP contribution in [0.1, 0.15) is 30.4 Å². The monoisotopic (exact) mass is 345 g/mol. The van der Waals surface area contributed by atoms with Gasteiger partial charge in [-0.2, -0.15) is 13.2 Å². The number of rotatable bonds is 8. The number of benzene rings is 1. The molecular weight excluding hydrogens is 319 g/mol. The molecule has 7 heteroatoms. The Morgan fingerprint density at radius 3 is 2.67 bits per heavy atom. The van der Waals surface area contributed by atoms with Gasteiger partial charge in [-0.3, -0.25) is 4.99 Å². The summed E-state index contributed by atoms with van der Waals surface area (Å²) in [5.41, 5.74) is 2.47. The third-order valence-electron chi connectivity index (χ3n) is 3.43. The number of hydrogen-bond acceptors (Lipinski definition) is 2. The average Bonchev–Trinajstić information content (AvgIpc) is 2.52. The molecule has 0 heterocycles. The van der Waals surface area contributed by atoms with E-state index in [0.29, 0.717) is 31.4 Å². The van der Waals surface area contributed by atoms with Crippen LogP contribution in [-0.2, 0) is 4.74 Å². The van der Waals surface area contributed by atoms with Crippen molar-refractivity contribution in [2.24, 2.45) is 4.99 Å². The quantitative estimate of drug-likeness (QED) is 0.432. The highest BCUT2D eigenvalue weighted by atomic mass is 19.4. The average molecular weight is 345 g/mol. The van der Waals surface area contributed by atoms with Crippen molar-refractivity contribution in [3.05, 3.63) is 35.4 Å². The lowest BCUT2D eigenvalue weighted by Gasteiger charge is -2.17. The van der Waals surface area contributed by atoms with Crippen LogP contribution >= 0.6 is 0 Å². The molecule has 0 aliphatic carbocycles. The summed E-state index contributed by atoms with van der Waals surface area (Å²) in [6, 6.07) is 8.34. The minimum Gasteiger partial charge on any atom is -0.372 e. The van der Waals surface area contributed by atoms with Crippen LogP contribution in [0.25, 0.3) is 0 Å². The van der Waals surface area contributed by atoms with E-state index in [4.69, 9.17) is 0 Å². The molecule has 0 aliphatic heterocycles. The van der Waals surface area contributed by atoms with Crippen molar-refractivity contribution in [1.82, 2.24) is 10.6 Å². The Morgan fingerprint density at radius 2 is 2.04 bits per heavy atom. The number of alkyl halides is 3. The molecule has 4 nitrogen and oxygen atoms in total. The number of hydrogen-bond donors (Lipinski definition) is 2. The van der Waals surface area contributed by atoms with E-state index in [9.17, 15) is 13.2 Å². The molecule has 0 radical (unpaired) electrons. The fourth-order valence-electron chi connectivity index (χ4n) is 2.13. The van der Waals surface area contributed by atoms with E-state index in [0.717, 1.165) is 0 Å². The lowest BCUT2D eigenvalue weighted by molar-refractivity contribution is -0.173. The van der Waals surface area contributed by atoms with E-state index < -0.39 is 12.8 Å². The van der Waals surface area contributed by atoms with Gasteiger partial charge in [0.2, 0.25) is 0 Å². The molecule has 0 amide bonds. The number of aliphatic imine (C=N–C) groups is 1. The largest absolute Gasteiger partial charge is 0.411 e. The molecule has 1 aromatic rings. The van der Waals surface area contributed by atoms with E-state index in [-0.39, 0.29) is 6.61 Å². The minimum atomic E-state index is -4.27. The second-order valence-electron chi connectivity index (χ2n) is 5.72. The van der Waals surface area contributed by atoms with Crippen LogP contribution in [0.15, 0.2) is 29.3 Å². The smallest absolute Gasteiger partial charge is 0.372 e. The summed E-state index contributed by atoms with van der Waals surface area (Å²) in [6.45, 7) is 4.26. The van der Waals surface area contributed by atoms with Gasteiger partial charge in [-0.25, -0.2) is 0 Å². The van der Waals surface area contributed by atoms with Crippen molar-refractivity contribution in [2.45, 2.75) is 32.4 Å². The molecular formula is C17H26F3N3O. The summed E-state index contributed by atoms with van der Waals surface area (Å²) < 4.78 is 40.3. The molecule has 0 saturated heterocycles. The number of ether oxygens (including phenoxy) is 1. The number of halogens is 3. The van der Waals surface area contributed by atoms with Gasteiger partial charge in [-0.15, -0.1) is 0 Å². The van der Waals surface area contributed by atoms with Gasteiger partial charge in [0.15, 0.2) is 5.96 Å². The Bertz CT molecular complexity index is 518. The fraction of sp³-hybridized carbons (Fsp3) is 0.588. The van der Waals surface area contributed by atoms with Crippen molar-refractivity contribution in [2.75, 3.05) is 33.4 Å². The molecule has 0 spiro atoms.